The molecule has 1 aliphatic rings. The molecule has 1 heterocycles. The number of sulfonamides is 1. The van der Waals surface area contributed by atoms with Crippen molar-refractivity contribution in [2.75, 3.05) is 10.1 Å². The van der Waals surface area contributed by atoms with Gasteiger partial charge in [0.1, 0.15) is 10.7 Å². The van der Waals surface area contributed by atoms with Crippen LogP contribution in [0.5, 0.6) is 0 Å². The first kappa shape index (κ1) is 13.8. The zero-order valence-corrected chi connectivity index (χ0v) is 12.2. The van der Waals surface area contributed by atoms with Crippen LogP contribution in [-0.4, -0.2) is 13.4 Å². The molecule has 1 aliphatic carbocycles. The van der Waals surface area contributed by atoms with Gasteiger partial charge in [-0.15, -0.1) is 0 Å². The van der Waals surface area contributed by atoms with Gasteiger partial charge in [0.25, 0.3) is 10.0 Å². The summed E-state index contributed by atoms with van der Waals surface area (Å²) >= 11 is 0. The molecule has 1 aromatic carbocycles. The molecule has 6 nitrogen and oxygen atoms in total. The Hall–Kier alpha value is -2.12. The molecule has 0 bridgehead atoms. The van der Waals surface area contributed by atoms with Gasteiger partial charge in [0.15, 0.2) is 0 Å². The lowest BCUT2D eigenvalue weighted by Crippen LogP contribution is -2.14. The Kier molecular flexibility index (Phi) is 3.52. The van der Waals surface area contributed by atoms with Gasteiger partial charge in [-0.2, -0.15) is 0 Å². The summed E-state index contributed by atoms with van der Waals surface area (Å²) in [4.78, 5) is 4.01. The highest BCUT2D eigenvalue weighted by Crippen LogP contribution is 2.26. The molecule has 0 saturated carbocycles. The number of hydrogen-bond acceptors (Lipinski definition) is 5. The maximum atomic E-state index is 12.3. The standard InChI is InChI=1S/C14H16N4O2S/c15-17-14-7-6-13(9-16-14)21(19,20)18-12-5-4-10-2-1-3-11(10)8-12/h4-9,18H,1-3,15H2,(H,16,17). The smallest absolute Gasteiger partial charge is 0.263 e. The minimum Gasteiger partial charge on any atom is -0.308 e. The minimum absolute atomic E-state index is 0.0991. The van der Waals surface area contributed by atoms with Crippen molar-refractivity contribution in [2.24, 2.45) is 5.84 Å². The SMILES string of the molecule is NNc1ccc(S(=O)(=O)Nc2ccc3c(c2)CCC3)cn1. The number of rotatable bonds is 4. The van der Waals surface area contributed by atoms with Crippen molar-refractivity contribution in [1.82, 2.24) is 4.98 Å². The highest BCUT2D eigenvalue weighted by atomic mass is 32.2. The van der Waals surface area contributed by atoms with Crippen LogP contribution in [0.4, 0.5) is 11.5 Å². The van der Waals surface area contributed by atoms with Crippen LogP contribution in [0.3, 0.4) is 0 Å². The van der Waals surface area contributed by atoms with Gasteiger partial charge in [0, 0.05) is 11.9 Å². The molecule has 0 atom stereocenters. The highest BCUT2D eigenvalue weighted by Gasteiger charge is 2.17. The lowest BCUT2D eigenvalue weighted by molar-refractivity contribution is 0.601. The van der Waals surface area contributed by atoms with E-state index in [0.29, 0.717) is 11.5 Å². The molecule has 0 spiro atoms. The number of aromatic nitrogens is 1. The third kappa shape index (κ3) is 2.84. The van der Waals surface area contributed by atoms with E-state index in [-0.39, 0.29) is 4.90 Å². The van der Waals surface area contributed by atoms with E-state index >= 15 is 0 Å². The van der Waals surface area contributed by atoms with Gasteiger partial charge in [-0.1, -0.05) is 6.07 Å². The summed E-state index contributed by atoms with van der Waals surface area (Å²) in [5.41, 5.74) is 5.46. The number of aryl methyl sites for hydroxylation is 2. The molecule has 0 radical (unpaired) electrons. The lowest BCUT2D eigenvalue weighted by Gasteiger charge is -2.10. The minimum atomic E-state index is -3.64. The van der Waals surface area contributed by atoms with Crippen molar-refractivity contribution in [3.8, 4) is 0 Å². The summed E-state index contributed by atoms with van der Waals surface area (Å²) in [6.07, 6.45) is 4.47. The summed E-state index contributed by atoms with van der Waals surface area (Å²) in [5.74, 6) is 5.62. The number of hydrogen-bond donors (Lipinski definition) is 3. The maximum Gasteiger partial charge on any atom is 0.263 e. The number of benzene rings is 1. The number of nitrogen functional groups attached to an aromatic ring is 1. The van der Waals surface area contributed by atoms with Crippen molar-refractivity contribution in [3.05, 3.63) is 47.7 Å². The molecule has 0 unspecified atom stereocenters. The number of pyridine rings is 1. The third-order valence-corrected chi connectivity index (χ3v) is 4.91. The topological polar surface area (TPSA) is 97.1 Å². The van der Waals surface area contributed by atoms with Crippen molar-refractivity contribution >= 4 is 21.5 Å². The van der Waals surface area contributed by atoms with Crippen LogP contribution in [0, 0.1) is 0 Å². The van der Waals surface area contributed by atoms with Gasteiger partial charge >= 0.3 is 0 Å². The summed E-state index contributed by atoms with van der Waals surface area (Å²) in [5, 5.41) is 0. The second-order valence-electron chi connectivity index (χ2n) is 4.97. The Morgan fingerprint density at radius 2 is 1.90 bits per heavy atom. The molecule has 110 valence electrons. The average Bonchev–Trinajstić information content (AvgIpc) is 2.94. The summed E-state index contributed by atoms with van der Waals surface area (Å²) in [7, 11) is -3.64. The van der Waals surface area contributed by atoms with Gasteiger partial charge in [0.05, 0.1) is 0 Å². The van der Waals surface area contributed by atoms with Crippen molar-refractivity contribution in [2.45, 2.75) is 24.2 Å². The van der Waals surface area contributed by atoms with E-state index < -0.39 is 10.0 Å². The first-order valence-corrected chi connectivity index (χ1v) is 8.14. The molecule has 0 fully saturated rings. The van der Waals surface area contributed by atoms with Crippen molar-refractivity contribution in [1.29, 1.82) is 0 Å². The zero-order valence-electron chi connectivity index (χ0n) is 11.3. The van der Waals surface area contributed by atoms with Crippen LogP contribution < -0.4 is 16.0 Å². The van der Waals surface area contributed by atoms with Crippen LogP contribution >= 0.6 is 0 Å². The largest absolute Gasteiger partial charge is 0.308 e. The van der Waals surface area contributed by atoms with Gasteiger partial charge in [0.2, 0.25) is 0 Å². The molecule has 0 aliphatic heterocycles. The average molecular weight is 304 g/mol. The summed E-state index contributed by atoms with van der Waals surface area (Å²) < 4.78 is 27.2. The van der Waals surface area contributed by atoms with Gasteiger partial charge in [-0.05, 0) is 54.7 Å². The van der Waals surface area contributed by atoms with Crippen LogP contribution in [-0.2, 0) is 22.9 Å². The first-order chi connectivity index (χ1) is 10.1. The molecule has 4 N–H and O–H groups in total. The van der Waals surface area contributed by atoms with Gasteiger partial charge in [-0.3, -0.25) is 4.72 Å². The van der Waals surface area contributed by atoms with Crippen LogP contribution in [0.25, 0.3) is 0 Å². The summed E-state index contributed by atoms with van der Waals surface area (Å²) in [6.45, 7) is 0. The van der Waals surface area contributed by atoms with E-state index in [1.165, 1.54) is 29.5 Å². The van der Waals surface area contributed by atoms with Crippen LogP contribution in [0.2, 0.25) is 0 Å². The molecular weight excluding hydrogens is 288 g/mol. The quantitative estimate of drug-likeness (QED) is 0.589. The highest BCUT2D eigenvalue weighted by molar-refractivity contribution is 7.92. The summed E-state index contributed by atoms with van der Waals surface area (Å²) in [6, 6.07) is 8.66. The first-order valence-electron chi connectivity index (χ1n) is 6.66. The number of anilines is 2. The fourth-order valence-electron chi connectivity index (χ4n) is 2.47. The molecule has 0 amide bonds. The maximum absolute atomic E-state index is 12.3. The molecular formula is C14H16N4O2S. The van der Waals surface area contributed by atoms with Crippen molar-refractivity contribution in [3.63, 3.8) is 0 Å². The predicted molar refractivity (Wildman–Crippen MR) is 81.3 cm³/mol. The Morgan fingerprint density at radius 3 is 2.62 bits per heavy atom. The second kappa shape index (κ2) is 5.34. The Labute approximate surface area is 123 Å². The molecule has 0 saturated heterocycles. The Balaban J connectivity index is 1.85. The van der Waals surface area contributed by atoms with E-state index in [0.717, 1.165) is 19.3 Å². The third-order valence-electron chi connectivity index (χ3n) is 3.55. The van der Waals surface area contributed by atoms with Crippen LogP contribution in [0.1, 0.15) is 17.5 Å². The number of nitrogens with zero attached hydrogens (tertiary/aromatic N) is 1. The monoisotopic (exact) mass is 304 g/mol. The van der Waals surface area contributed by atoms with E-state index in [4.69, 9.17) is 5.84 Å². The van der Waals surface area contributed by atoms with E-state index in [9.17, 15) is 8.42 Å². The number of nitrogens with one attached hydrogen (secondary N) is 2. The molecule has 7 heteroatoms. The lowest BCUT2D eigenvalue weighted by atomic mass is 10.1. The van der Waals surface area contributed by atoms with E-state index in [2.05, 4.69) is 15.1 Å². The molecule has 21 heavy (non-hydrogen) atoms. The Bertz CT molecular complexity index is 757. The predicted octanol–water partition coefficient (Wildman–Crippen LogP) is 1.66. The van der Waals surface area contributed by atoms with Crippen molar-refractivity contribution < 1.29 is 8.42 Å². The number of nitrogens with two attached hydrogens (primary N) is 1. The Morgan fingerprint density at radius 1 is 1.10 bits per heavy atom. The van der Waals surface area contributed by atoms with Crippen LogP contribution in [0.15, 0.2) is 41.4 Å². The number of fused-ring (bicyclic) bond motifs is 1. The second-order valence-corrected chi connectivity index (χ2v) is 6.65. The number of hydrazine groups is 1. The molecule has 2 aromatic rings. The van der Waals surface area contributed by atoms with Gasteiger partial charge in [-0.25, -0.2) is 19.2 Å². The normalized spacial score (nSPS) is 13.8. The fraction of sp³-hybridized carbons (Fsp3) is 0.214. The molecule has 3 rings (SSSR count). The zero-order chi connectivity index (χ0) is 14.9. The fourth-order valence-corrected chi connectivity index (χ4v) is 3.47. The molecule has 1 aromatic heterocycles. The van der Waals surface area contributed by atoms with E-state index in [1.54, 1.807) is 6.07 Å². The van der Waals surface area contributed by atoms with Gasteiger partial charge < -0.3 is 5.43 Å². The van der Waals surface area contributed by atoms with E-state index in [1.807, 2.05) is 12.1 Å².